The molecule has 0 saturated carbocycles. The first-order valence-corrected chi connectivity index (χ1v) is 7.61. The van der Waals surface area contributed by atoms with Crippen LogP contribution in [0, 0.1) is 0 Å². The molecule has 0 unspecified atom stereocenters. The van der Waals surface area contributed by atoms with Crippen molar-refractivity contribution in [1.29, 1.82) is 0 Å². The Morgan fingerprint density at radius 1 is 0.867 bits per heavy atom. The summed E-state index contributed by atoms with van der Waals surface area (Å²) in [5.74, 6) is 1.31. The summed E-state index contributed by atoms with van der Waals surface area (Å²) in [5, 5.41) is 12.1. The molecule has 0 aromatic rings. The summed E-state index contributed by atoms with van der Waals surface area (Å²) in [5.41, 5.74) is 0. The van der Waals surface area contributed by atoms with E-state index in [0.717, 1.165) is 13.0 Å². The van der Waals surface area contributed by atoms with Crippen LogP contribution in [0.2, 0.25) is 0 Å². The van der Waals surface area contributed by atoms with Gasteiger partial charge in [0.25, 0.3) is 0 Å². The standard InChI is InChI=1S/C12H27NOS/c1-15-12-8-4-6-10-13-9-5-2-3-7-11-14/h13-14H,2-12H2,1H3. The number of aliphatic hydroxyl groups excluding tert-OH is 1. The molecule has 0 rings (SSSR count). The van der Waals surface area contributed by atoms with Gasteiger partial charge < -0.3 is 10.4 Å². The largest absolute Gasteiger partial charge is 0.396 e. The van der Waals surface area contributed by atoms with Gasteiger partial charge in [0.2, 0.25) is 0 Å². The fourth-order valence-corrected chi connectivity index (χ4v) is 2.01. The third kappa shape index (κ3) is 14.3. The molecular formula is C12H27NOS. The van der Waals surface area contributed by atoms with Crippen molar-refractivity contribution in [2.75, 3.05) is 31.7 Å². The van der Waals surface area contributed by atoms with Crippen LogP contribution in [-0.4, -0.2) is 36.8 Å². The molecule has 0 atom stereocenters. The molecule has 0 bridgehead atoms. The van der Waals surface area contributed by atoms with E-state index in [4.69, 9.17) is 5.11 Å². The third-order valence-electron chi connectivity index (χ3n) is 2.46. The van der Waals surface area contributed by atoms with Crippen molar-refractivity contribution in [2.24, 2.45) is 0 Å². The number of unbranched alkanes of at least 4 members (excludes halogenated alkanes) is 5. The Bertz CT molecular complexity index is 99.8. The number of thioether (sulfide) groups is 1. The molecular weight excluding hydrogens is 206 g/mol. The van der Waals surface area contributed by atoms with Gasteiger partial charge in [-0.3, -0.25) is 0 Å². The smallest absolute Gasteiger partial charge is 0.0431 e. The molecule has 2 nitrogen and oxygen atoms in total. The van der Waals surface area contributed by atoms with Crippen LogP contribution < -0.4 is 5.32 Å². The summed E-state index contributed by atoms with van der Waals surface area (Å²) in [7, 11) is 0. The number of aliphatic hydroxyl groups is 1. The van der Waals surface area contributed by atoms with E-state index in [2.05, 4.69) is 11.6 Å². The van der Waals surface area contributed by atoms with E-state index >= 15 is 0 Å². The van der Waals surface area contributed by atoms with E-state index < -0.39 is 0 Å². The first-order chi connectivity index (χ1) is 7.41. The van der Waals surface area contributed by atoms with Crippen molar-refractivity contribution < 1.29 is 5.11 Å². The lowest BCUT2D eigenvalue weighted by Gasteiger charge is -2.04. The van der Waals surface area contributed by atoms with Crippen LogP contribution in [0.5, 0.6) is 0 Å². The second-order valence-corrected chi connectivity index (χ2v) is 4.93. The molecule has 0 aromatic heterocycles. The molecule has 0 radical (unpaired) electrons. The minimum Gasteiger partial charge on any atom is -0.396 e. The van der Waals surface area contributed by atoms with Crippen molar-refractivity contribution >= 4 is 11.8 Å². The van der Waals surface area contributed by atoms with Gasteiger partial charge in [0.15, 0.2) is 0 Å². The molecule has 0 amide bonds. The summed E-state index contributed by atoms with van der Waals surface area (Å²) in [6.45, 7) is 2.67. The molecule has 92 valence electrons. The van der Waals surface area contributed by atoms with E-state index in [1.165, 1.54) is 50.8 Å². The first-order valence-electron chi connectivity index (χ1n) is 6.22. The van der Waals surface area contributed by atoms with E-state index in [9.17, 15) is 0 Å². The van der Waals surface area contributed by atoms with E-state index in [0.29, 0.717) is 6.61 Å². The molecule has 0 heterocycles. The summed E-state index contributed by atoms with van der Waals surface area (Å²) < 4.78 is 0. The Kier molecular flexibility index (Phi) is 14.5. The number of nitrogens with one attached hydrogen (secondary N) is 1. The van der Waals surface area contributed by atoms with Crippen molar-refractivity contribution in [3.8, 4) is 0 Å². The normalized spacial score (nSPS) is 10.8. The highest BCUT2D eigenvalue weighted by molar-refractivity contribution is 7.98. The Labute approximate surface area is 99.2 Å². The van der Waals surface area contributed by atoms with Gasteiger partial charge in [0.1, 0.15) is 0 Å². The SMILES string of the molecule is CSCCCCCNCCCCCCO. The zero-order valence-corrected chi connectivity index (χ0v) is 11.0. The van der Waals surface area contributed by atoms with Crippen molar-refractivity contribution in [3.63, 3.8) is 0 Å². The fourth-order valence-electron chi connectivity index (χ4n) is 1.51. The maximum absolute atomic E-state index is 8.59. The predicted octanol–water partition coefficient (Wildman–Crippen LogP) is 2.66. The van der Waals surface area contributed by atoms with Gasteiger partial charge in [-0.05, 0) is 50.8 Å². The molecule has 0 saturated heterocycles. The molecule has 0 aliphatic rings. The van der Waals surface area contributed by atoms with E-state index in [1.54, 1.807) is 0 Å². The van der Waals surface area contributed by atoms with Gasteiger partial charge in [-0.25, -0.2) is 0 Å². The Morgan fingerprint density at radius 2 is 1.47 bits per heavy atom. The molecule has 0 fully saturated rings. The molecule has 2 N–H and O–H groups in total. The summed E-state index contributed by atoms with van der Waals surface area (Å²) >= 11 is 1.94. The molecule has 0 aromatic carbocycles. The van der Waals surface area contributed by atoms with Crippen molar-refractivity contribution in [3.05, 3.63) is 0 Å². The minimum absolute atomic E-state index is 0.350. The quantitative estimate of drug-likeness (QED) is 0.508. The van der Waals surface area contributed by atoms with E-state index in [-0.39, 0.29) is 0 Å². The highest BCUT2D eigenvalue weighted by Crippen LogP contribution is 2.01. The van der Waals surface area contributed by atoms with Gasteiger partial charge >= 0.3 is 0 Å². The minimum atomic E-state index is 0.350. The monoisotopic (exact) mass is 233 g/mol. The zero-order valence-electron chi connectivity index (χ0n) is 10.1. The van der Waals surface area contributed by atoms with Crippen LogP contribution in [0.4, 0.5) is 0 Å². The Balaban J connectivity index is 2.81. The molecule has 0 aliphatic heterocycles. The van der Waals surface area contributed by atoms with Gasteiger partial charge in [0.05, 0.1) is 0 Å². The second kappa shape index (κ2) is 14.3. The van der Waals surface area contributed by atoms with Crippen LogP contribution in [0.25, 0.3) is 0 Å². The maximum atomic E-state index is 8.59. The van der Waals surface area contributed by atoms with E-state index in [1.807, 2.05) is 11.8 Å². The highest BCUT2D eigenvalue weighted by atomic mass is 32.2. The Morgan fingerprint density at radius 3 is 2.07 bits per heavy atom. The lowest BCUT2D eigenvalue weighted by atomic mass is 10.2. The summed E-state index contributed by atoms with van der Waals surface area (Å²) in [4.78, 5) is 0. The van der Waals surface area contributed by atoms with Crippen molar-refractivity contribution in [1.82, 2.24) is 5.32 Å². The van der Waals surface area contributed by atoms with Crippen molar-refractivity contribution in [2.45, 2.75) is 44.9 Å². The number of hydrogen-bond acceptors (Lipinski definition) is 3. The zero-order chi connectivity index (χ0) is 11.2. The highest BCUT2D eigenvalue weighted by Gasteiger charge is 1.91. The topological polar surface area (TPSA) is 32.3 Å². The van der Waals surface area contributed by atoms with Crippen LogP contribution in [0.15, 0.2) is 0 Å². The third-order valence-corrected chi connectivity index (χ3v) is 3.16. The van der Waals surface area contributed by atoms with Gasteiger partial charge in [-0.1, -0.05) is 19.3 Å². The molecule has 3 heteroatoms. The first kappa shape index (κ1) is 15.3. The predicted molar refractivity (Wildman–Crippen MR) is 70.7 cm³/mol. The summed E-state index contributed by atoms with van der Waals surface area (Å²) in [6, 6.07) is 0. The lowest BCUT2D eigenvalue weighted by Crippen LogP contribution is -2.16. The molecule has 15 heavy (non-hydrogen) atoms. The van der Waals surface area contributed by atoms with Gasteiger partial charge in [-0.15, -0.1) is 0 Å². The lowest BCUT2D eigenvalue weighted by molar-refractivity contribution is 0.282. The number of hydrogen-bond donors (Lipinski definition) is 2. The van der Waals surface area contributed by atoms with Crippen LogP contribution in [-0.2, 0) is 0 Å². The Hall–Kier alpha value is 0.270. The molecule has 0 spiro atoms. The van der Waals surface area contributed by atoms with Crippen LogP contribution in [0.3, 0.4) is 0 Å². The number of rotatable bonds is 12. The average molecular weight is 233 g/mol. The van der Waals surface area contributed by atoms with Gasteiger partial charge in [0, 0.05) is 6.61 Å². The maximum Gasteiger partial charge on any atom is 0.0431 e. The van der Waals surface area contributed by atoms with Crippen LogP contribution >= 0.6 is 11.8 Å². The summed E-state index contributed by atoms with van der Waals surface area (Å²) in [6.07, 6.45) is 10.9. The molecule has 0 aliphatic carbocycles. The average Bonchev–Trinajstić information content (AvgIpc) is 2.26. The second-order valence-electron chi connectivity index (χ2n) is 3.94. The van der Waals surface area contributed by atoms with Crippen LogP contribution in [0.1, 0.15) is 44.9 Å². The van der Waals surface area contributed by atoms with Gasteiger partial charge in [-0.2, -0.15) is 11.8 Å². The fraction of sp³-hybridized carbons (Fsp3) is 1.00.